The number of primary amides is 1. The molecule has 16 heavy (non-hydrogen) atoms. The van der Waals surface area contributed by atoms with Crippen molar-refractivity contribution in [2.45, 2.75) is 19.4 Å². The molecule has 0 saturated heterocycles. The summed E-state index contributed by atoms with van der Waals surface area (Å²) in [5, 5.41) is 12.5. The Hall–Kier alpha value is -1.07. The van der Waals surface area contributed by atoms with Gasteiger partial charge in [0.15, 0.2) is 0 Å². The van der Waals surface area contributed by atoms with E-state index in [1.165, 1.54) is 0 Å². The van der Waals surface area contributed by atoms with E-state index in [9.17, 15) is 9.90 Å². The number of halogens is 1. The van der Waals surface area contributed by atoms with Crippen LogP contribution in [0.4, 0.5) is 0 Å². The van der Waals surface area contributed by atoms with E-state index < -0.39 is 0 Å². The zero-order chi connectivity index (χ0) is 12.0. The Morgan fingerprint density at radius 2 is 2.25 bits per heavy atom. The van der Waals surface area contributed by atoms with Gasteiger partial charge in [0, 0.05) is 13.0 Å². The summed E-state index contributed by atoms with van der Waals surface area (Å²) in [5.74, 6) is -0.0355. The summed E-state index contributed by atoms with van der Waals surface area (Å²) < 4.78 is 0.684. The first kappa shape index (κ1) is 13.0. The molecule has 0 aliphatic rings. The molecule has 1 aromatic carbocycles. The number of nitrogens with two attached hydrogens (primary N) is 1. The number of carbonyl (C=O) groups excluding carboxylic acids is 1. The van der Waals surface area contributed by atoms with Crippen molar-refractivity contribution in [1.29, 1.82) is 0 Å². The number of rotatable bonds is 6. The van der Waals surface area contributed by atoms with Crippen molar-refractivity contribution < 1.29 is 9.90 Å². The zero-order valence-corrected chi connectivity index (χ0v) is 10.5. The van der Waals surface area contributed by atoms with Gasteiger partial charge >= 0.3 is 0 Å². The molecule has 88 valence electrons. The average molecular weight is 287 g/mol. The number of phenols is 1. The minimum Gasteiger partial charge on any atom is -0.507 e. The lowest BCUT2D eigenvalue weighted by atomic mass is 10.2. The molecule has 4 N–H and O–H groups in total. The van der Waals surface area contributed by atoms with E-state index in [2.05, 4.69) is 21.2 Å². The quantitative estimate of drug-likeness (QED) is 0.694. The summed E-state index contributed by atoms with van der Waals surface area (Å²) in [5.41, 5.74) is 6.09. The monoisotopic (exact) mass is 286 g/mol. The van der Waals surface area contributed by atoms with E-state index in [1.54, 1.807) is 6.07 Å². The van der Waals surface area contributed by atoms with Crippen molar-refractivity contribution >= 4 is 21.8 Å². The fourth-order valence-corrected chi connectivity index (χ4v) is 1.71. The van der Waals surface area contributed by atoms with E-state index in [0.717, 1.165) is 18.5 Å². The lowest BCUT2D eigenvalue weighted by molar-refractivity contribution is -0.118. The van der Waals surface area contributed by atoms with E-state index in [-0.39, 0.29) is 11.7 Å². The highest BCUT2D eigenvalue weighted by Crippen LogP contribution is 2.24. The van der Waals surface area contributed by atoms with Gasteiger partial charge in [-0.3, -0.25) is 4.79 Å². The Morgan fingerprint density at radius 1 is 1.50 bits per heavy atom. The lowest BCUT2D eigenvalue weighted by Gasteiger charge is -2.05. The summed E-state index contributed by atoms with van der Waals surface area (Å²) in [6.45, 7) is 1.46. The molecular formula is C11H15BrN2O2. The predicted molar refractivity (Wildman–Crippen MR) is 65.9 cm³/mol. The Morgan fingerprint density at radius 3 is 2.88 bits per heavy atom. The number of phenolic OH excluding ortho intramolecular Hbond substituents is 1. The molecule has 0 aliphatic heterocycles. The van der Waals surface area contributed by atoms with Gasteiger partial charge in [-0.1, -0.05) is 6.07 Å². The molecule has 1 aromatic rings. The van der Waals surface area contributed by atoms with Gasteiger partial charge in [0.2, 0.25) is 5.91 Å². The van der Waals surface area contributed by atoms with E-state index >= 15 is 0 Å². The van der Waals surface area contributed by atoms with Crippen LogP contribution in [-0.2, 0) is 11.3 Å². The van der Waals surface area contributed by atoms with Crippen LogP contribution in [0.25, 0.3) is 0 Å². The third kappa shape index (κ3) is 4.63. The zero-order valence-electron chi connectivity index (χ0n) is 8.87. The summed E-state index contributed by atoms with van der Waals surface area (Å²) >= 11 is 3.25. The average Bonchev–Trinajstić information content (AvgIpc) is 2.22. The minimum absolute atomic E-state index is 0.234. The van der Waals surface area contributed by atoms with E-state index in [4.69, 9.17) is 5.73 Å². The standard InChI is InChI=1S/C11H15BrN2O2/c12-9-6-8(3-4-10(9)15)7-14-5-1-2-11(13)16/h3-4,6,14-15H,1-2,5,7H2,(H2,13,16). The van der Waals surface area contributed by atoms with Gasteiger partial charge in [0.05, 0.1) is 4.47 Å². The van der Waals surface area contributed by atoms with Crippen molar-refractivity contribution in [2.75, 3.05) is 6.54 Å². The third-order valence-corrected chi connectivity index (χ3v) is 2.75. The Balaban J connectivity index is 2.27. The molecule has 0 unspecified atom stereocenters. The van der Waals surface area contributed by atoms with Gasteiger partial charge < -0.3 is 16.2 Å². The van der Waals surface area contributed by atoms with Gasteiger partial charge in [-0.05, 0) is 46.6 Å². The molecule has 1 amide bonds. The summed E-state index contributed by atoms with van der Waals surface area (Å²) in [7, 11) is 0. The van der Waals surface area contributed by atoms with E-state index in [0.29, 0.717) is 17.4 Å². The SMILES string of the molecule is NC(=O)CCCNCc1ccc(O)c(Br)c1. The van der Waals surface area contributed by atoms with Crippen molar-refractivity contribution in [3.8, 4) is 5.75 Å². The molecule has 0 saturated carbocycles. The molecule has 0 radical (unpaired) electrons. The molecule has 1 rings (SSSR count). The van der Waals surface area contributed by atoms with Crippen LogP contribution in [0.2, 0.25) is 0 Å². The number of aromatic hydroxyl groups is 1. The number of hydrogen-bond acceptors (Lipinski definition) is 3. The summed E-state index contributed by atoms with van der Waals surface area (Å²) in [4.78, 5) is 10.5. The highest BCUT2D eigenvalue weighted by Gasteiger charge is 1.99. The number of amides is 1. The topological polar surface area (TPSA) is 75.4 Å². The number of nitrogens with one attached hydrogen (secondary N) is 1. The van der Waals surface area contributed by atoms with Gasteiger partial charge in [-0.15, -0.1) is 0 Å². The summed E-state index contributed by atoms with van der Waals surface area (Å²) in [6, 6.07) is 5.35. The molecule has 0 bridgehead atoms. The molecule has 4 nitrogen and oxygen atoms in total. The second-order valence-corrected chi connectivity index (χ2v) is 4.39. The lowest BCUT2D eigenvalue weighted by Crippen LogP contribution is -2.18. The molecule has 0 spiro atoms. The second-order valence-electron chi connectivity index (χ2n) is 3.53. The summed E-state index contributed by atoms with van der Waals surface area (Å²) in [6.07, 6.45) is 1.15. The second kappa shape index (κ2) is 6.50. The Labute approximate surface area is 103 Å². The maximum atomic E-state index is 10.5. The maximum Gasteiger partial charge on any atom is 0.217 e. The number of carbonyl (C=O) groups is 1. The molecule has 0 fully saturated rings. The van der Waals surface area contributed by atoms with Crippen LogP contribution in [0.1, 0.15) is 18.4 Å². The van der Waals surface area contributed by atoms with Gasteiger partial charge in [-0.25, -0.2) is 0 Å². The Kier molecular flexibility index (Phi) is 5.28. The van der Waals surface area contributed by atoms with Crippen LogP contribution < -0.4 is 11.1 Å². The van der Waals surface area contributed by atoms with Crippen molar-refractivity contribution in [2.24, 2.45) is 5.73 Å². The van der Waals surface area contributed by atoms with Crippen molar-refractivity contribution in [3.05, 3.63) is 28.2 Å². The smallest absolute Gasteiger partial charge is 0.217 e. The first-order valence-corrected chi connectivity index (χ1v) is 5.85. The van der Waals surface area contributed by atoms with Gasteiger partial charge in [-0.2, -0.15) is 0 Å². The molecule has 0 heterocycles. The van der Waals surface area contributed by atoms with Crippen molar-refractivity contribution in [1.82, 2.24) is 5.32 Å². The van der Waals surface area contributed by atoms with Crippen LogP contribution in [0.5, 0.6) is 5.75 Å². The van der Waals surface area contributed by atoms with Crippen LogP contribution >= 0.6 is 15.9 Å². The van der Waals surface area contributed by atoms with Crippen LogP contribution in [-0.4, -0.2) is 17.6 Å². The van der Waals surface area contributed by atoms with Crippen molar-refractivity contribution in [3.63, 3.8) is 0 Å². The van der Waals surface area contributed by atoms with Crippen LogP contribution in [0.15, 0.2) is 22.7 Å². The molecule has 0 atom stereocenters. The third-order valence-electron chi connectivity index (χ3n) is 2.12. The predicted octanol–water partition coefficient (Wildman–Crippen LogP) is 1.51. The van der Waals surface area contributed by atoms with Gasteiger partial charge in [0.25, 0.3) is 0 Å². The maximum absolute atomic E-state index is 10.5. The minimum atomic E-state index is -0.269. The number of benzene rings is 1. The van der Waals surface area contributed by atoms with Crippen LogP contribution in [0.3, 0.4) is 0 Å². The highest BCUT2D eigenvalue weighted by molar-refractivity contribution is 9.10. The largest absolute Gasteiger partial charge is 0.507 e. The molecule has 5 heteroatoms. The first-order chi connectivity index (χ1) is 7.59. The molecule has 0 aromatic heterocycles. The molecular weight excluding hydrogens is 272 g/mol. The first-order valence-electron chi connectivity index (χ1n) is 5.06. The fourth-order valence-electron chi connectivity index (χ4n) is 1.28. The normalized spacial score (nSPS) is 10.3. The Bertz CT molecular complexity index is 369. The fraction of sp³-hybridized carbons (Fsp3) is 0.364. The van der Waals surface area contributed by atoms with Crippen LogP contribution in [0, 0.1) is 0 Å². The molecule has 0 aliphatic carbocycles. The van der Waals surface area contributed by atoms with E-state index in [1.807, 2.05) is 12.1 Å². The van der Waals surface area contributed by atoms with Gasteiger partial charge in [0.1, 0.15) is 5.75 Å². The number of hydrogen-bond donors (Lipinski definition) is 3. The highest BCUT2D eigenvalue weighted by atomic mass is 79.9.